The van der Waals surface area contributed by atoms with E-state index < -0.39 is 23.5 Å². The third-order valence-electron chi connectivity index (χ3n) is 4.40. The molecule has 0 aliphatic rings. The van der Waals surface area contributed by atoms with Crippen molar-refractivity contribution in [2.45, 2.75) is 53.1 Å². The minimum absolute atomic E-state index is 0.0773. The van der Waals surface area contributed by atoms with E-state index in [1.165, 1.54) is 10.6 Å². The molecular weight excluding hydrogens is 394 g/mol. The average molecular weight is 428 g/mol. The summed E-state index contributed by atoms with van der Waals surface area (Å²) in [5, 5.41) is 14.9. The first-order chi connectivity index (χ1) is 14.8. The molecule has 7 nitrogen and oxygen atoms in total. The van der Waals surface area contributed by atoms with E-state index in [9.17, 15) is 19.5 Å². The molecule has 1 aromatic heterocycles. The maximum atomic E-state index is 12.7. The van der Waals surface area contributed by atoms with Crippen LogP contribution in [-0.4, -0.2) is 34.1 Å². The van der Waals surface area contributed by atoms with Crippen LogP contribution in [-0.2, 0) is 11.3 Å². The molecule has 0 radical (unpaired) electrons. The zero-order valence-electron chi connectivity index (χ0n) is 18.8. The molecule has 1 atom stereocenters. The zero-order chi connectivity index (χ0) is 23.4. The third kappa shape index (κ3) is 8.50. The number of hydrogen-bond donors (Lipinski definition) is 3. The van der Waals surface area contributed by atoms with E-state index >= 15 is 0 Å². The van der Waals surface area contributed by atoms with E-state index in [0.717, 1.165) is 16.8 Å². The minimum atomic E-state index is -1.13. The Labute approximate surface area is 183 Å². The van der Waals surface area contributed by atoms with Crippen LogP contribution >= 0.6 is 0 Å². The number of hydrogen-bond acceptors (Lipinski definition) is 4. The van der Waals surface area contributed by atoms with Crippen LogP contribution in [0.4, 0.5) is 0 Å². The Morgan fingerprint density at radius 3 is 2.52 bits per heavy atom. The molecule has 0 fully saturated rings. The molecule has 1 heterocycles. The molecule has 31 heavy (non-hydrogen) atoms. The minimum Gasteiger partial charge on any atom is -0.480 e. The number of nitrogens with zero attached hydrogens (tertiary/aromatic N) is 1. The largest absolute Gasteiger partial charge is 0.480 e. The third-order valence-corrected chi connectivity index (χ3v) is 4.40. The Morgan fingerprint density at radius 1 is 1.19 bits per heavy atom. The van der Waals surface area contributed by atoms with Crippen LogP contribution < -0.4 is 16.2 Å². The molecule has 168 valence electrons. The summed E-state index contributed by atoms with van der Waals surface area (Å²) in [6, 6.07) is 9.70. The lowest BCUT2D eigenvalue weighted by Crippen LogP contribution is -2.43. The molecule has 3 N–H and O–H groups in total. The van der Waals surface area contributed by atoms with Crippen molar-refractivity contribution < 1.29 is 14.7 Å². The second-order valence-electron chi connectivity index (χ2n) is 7.06. The highest BCUT2D eigenvalue weighted by Crippen LogP contribution is 2.06. The number of carboxylic acids is 1. The highest BCUT2D eigenvalue weighted by molar-refractivity contribution is 5.96. The molecule has 7 heteroatoms. The van der Waals surface area contributed by atoms with Gasteiger partial charge in [0.05, 0.1) is 6.54 Å². The normalized spacial score (nSPS) is 11.0. The number of aryl methyl sites for hydroxylation is 1. The van der Waals surface area contributed by atoms with Gasteiger partial charge in [-0.05, 0) is 44.4 Å². The Bertz CT molecular complexity index is 950. The maximum absolute atomic E-state index is 12.7. The number of carboxylic acid groups (broad SMARTS) is 1. The van der Waals surface area contributed by atoms with Crippen LogP contribution in [0.5, 0.6) is 0 Å². The Kier molecular flexibility index (Phi) is 10.8. The van der Waals surface area contributed by atoms with Gasteiger partial charge in [0.2, 0.25) is 0 Å². The van der Waals surface area contributed by atoms with Crippen LogP contribution in [0.15, 0.2) is 59.7 Å². The number of amides is 1. The summed E-state index contributed by atoms with van der Waals surface area (Å²) in [5.41, 5.74) is 2.28. The van der Waals surface area contributed by atoms with Gasteiger partial charge in [-0.2, -0.15) is 0 Å². The van der Waals surface area contributed by atoms with Crippen LogP contribution in [0, 0.1) is 6.92 Å². The van der Waals surface area contributed by atoms with Crippen molar-refractivity contribution in [1.82, 2.24) is 15.2 Å². The fourth-order valence-electron chi connectivity index (χ4n) is 2.94. The lowest BCUT2D eigenvalue weighted by Gasteiger charge is -2.15. The van der Waals surface area contributed by atoms with Crippen LogP contribution in [0.25, 0.3) is 0 Å². The number of nitrogens with one attached hydrogen (secondary N) is 2. The highest BCUT2D eigenvalue weighted by atomic mass is 16.4. The molecule has 0 bridgehead atoms. The molecule has 1 unspecified atom stereocenters. The van der Waals surface area contributed by atoms with Crippen molar-refractivity contribution in [2.75, 3.05) is 6.54 Å². The summed E-state index contributed by atoms with van der Waals surface area (Å²) in [4.78, 5) is 36.8. The second-order valence-corrected chi connectivity index (χ2v) is 7.06. The first-order valence-corrected chi connectivity index (χ1v) is 10.5. The van der Waals surface area contributed by atoms with Crippen molar-refractivity contribution in [2.24, 2.45) is 0 Å². The van der Waals surface area contributed by atoms with E-state index in [4.69, 9.17) is 0 Å². The Balaban J connectivity index is 0.00000233. The number of carbonyl (C=O) groups excluding carboxylic acids is 1. The summed E-state index contributed by atoms with van der Waals surface area (Å²) in [7, 11) is 0. The molecule has 1 amide bonds. The van der Waals surface area contributed by atoms with Gasteiger partial charge in [-0.25, -0.2) is 4.79 Å². The SMILES string of the molecule is C=C(C)NCCCC(NC(=O)c1cccn(Cc2cccc(C)c2)c1=O)C(=O)O.CC. The standard InChI is InChI=1S/C22H27N3O4.C2H6/c1-15(2)23-11-5-10-19(22(28)29)24-20(26)18-9-6-12-25(21(18)27)14-17-8-4-7-16(3)13-17;1-2/h4,6-9,12-13,19,23H,1,5,10-11,14H2,2-3H3,(H,24,26)(H,28,29);1-2H3. The summed E-state index contributed by atoms with van der Waals surface area (Å²) < 4.78 is 1.44. The van der Waals surface area contributed by atoms with Gasteiger partial charge in [0, 0.05) is 18.4 Å². The molecule has 0 spiro atoms. The van der Waals surface area contributed by atoms with Crippen LogP contribution in [0.3, 0.4) is 0 Å². The van der Waals surface area contributed by atoms with Gasteiger partial charge in [-0.3, -0.25) is 9.59 Å². The van der Waals surface area contributed by atoms with Crippen LogP contribution in [0.1, 0.15) is 55.1 Å². The number of aromatic nitrogens is 1. The average Bonchev–Trinajstić information content (AvgIpc) is 2.73. The Hall–Kier alpha value is -3.35. The molecule has 2 aromatic rings. The molecule has 0 saturated carbocycles. The van der Waals surface area contributed by atoms with Crippen molar-refractivity contribution in [3.05, 3.63) is 81.9 Å². The van der Waals surface area contributed by atoms with Crippen molar-refractivity contribution in [1.29, 1.82) is 0 Å². The summed E-state index contributed by atoms with van der Waals surface area (Å²) in [6.45, 7) is 12.4. The number of benzene rings is 1. The highest BCUT2D eigenvalue weighted by Gasteiger charge is 2.22. The number of aliphatic carboxylic acids is 1. The van der Waals surface area contributed by atoms with E-state index in [-0.39, 0.29) is 12.0 Å². The zero-order valence-corrected chi connectivity index (χ0v) is 18.8. The predicted molar refractivity (Wildman–Crippen MR) is 123 cm³/mol. The smallest absolute Gasteiger partial charge is 0.326 e. The molecule has 0 aliphatic heterocycles. The molecule has 2 rings (SSSR count). The molecule has 0 saturated heterocycles. The van der Waals surface area contributed by atoms with Gasteiger partial charge in [-0.1, -0.05) is 50.3 Å². The maximum Gasteiger partial charge on any atom is 0.326 e. The van der Waals surface area contributed by atoms with Crippen molar-refractivity contribution in [3.63, 3.8) is 0 Å². The summed E-state index contributed by atoms with van der Waals surface area (Å²) in [6.07, 6.45) is 2.39. The number of allylic oxidation sites excluding steroid dienone is 1. The quantitative estimate of drug-likeness (QED) is 0.505. The number of carbonyl (C=O) groups is 2. The fourth-order valence-corrected chi connectivity index (χ4v) is 2.94. The topological polar surface area (TPSA) is 100 Å². The molecule has 0 aliphatic carbocycles. The van der Waals surface area contributed by atoms with E-state index in [2.05, 4.69) is 17.2 Å². The van der Waals surface area contributed by atoms with Gasteiger partial charge in [0.15, 0.2) is 0 Å². The molecule has 1 aromatic carbocycles. The van der Waals surface area contributed by atoms with E-state index in [1.807, 2.05) is 52.0 Å². The summed E-state index contributed by atoms with van der Waals surface area (Å²) in [5.74, 6) is -1.82. The second kappa shape index (κ2) is 13.1. The lowest BCUT2D eigenvalue weighted by atomic mass is 10.1. The van der Waals surface area contributed by atoms with Gasteiger partial charge < -0.3 is 20.3 Å². The van der Waals surface area contributed by atoms with E-state index in [1.54, 1.807) is 12.3 Å². The lowest BCUT2D eigenvalue weighted by molar-refractivity contribution is -0.139. The van der Waals surface area contributed by atoms with Crippen LogP contribution in [0.2, 0.25) is 0 Å². The first kappa shape index (κ1) is 25.7. The Morgan fingerprint density at radius 2 is 1.90 bits per heavy atom. The first-order valence-electron chi connectivity index (χ1n) is 10.5. The fraction of sp³-hybridized carbons (Fsp3) is 0.375. The van der Waals surface area contributed by atoms with Gasteiger partial charge >= 0.3 is 5.97 Å². The van der Waals surface area contributed by atoms with Gasteiger partial charge in [0.25, 0.3) is 11.5 Å². The molecular formula is C24H33N3O4. The van der Waals surface area contributed by atoms with Crippen molar-refractivity contribution in [3.8, 4) is 0 Å². The predicted octanol–water partition coefficient (Wildman–Crippen LogP) is 3.32. The van der Waals surface area contributed by atoms with Gasteiger partial charge in [-0.15, -0.1) is 0 Å². The summed E-state index contributed by atoms with van der Waals surface area (Å²) >= 11 is 0. The number of pyridine rings is 1. The van der Waals surface area contributed by atoms with E-state index in [0.29, 0.717) is 19.5 Å². The number of rotatable bonds is 10. The monoisotopic (exact) mass is 427 g/mol. The van der Waals surface area contributed by atoms with Gasteiger partial charge in [0.1, 0.15) is 11.6 Å². The van der Waals surface area contributed by atoms with Crippen molar-refractivity contribution >= 4 is 11.9 Å².